The highest BCUT2D eigenvalue weighted by Gasteiger charge is 2.29. The van der Waals surface area contributed by atoms with Crippen LogP contribution in [0.1, 0.15) is 24.5 Å². The smallest absolute Gasteiger partial charge is 0.264 e. The fourth-order valence-corrected chi connectivity index (χ4v) is 3.94. The number of sulfonamides is 1. The van der Waals surface area contributed by atoms with E-state index in [0.29, 0.717) is 6.42 Å². The molecule has 25 heavy (non-hydrogen) atoms. The van der Waals surface area contributed by atoms with Gasteiger partial charge in [0.15, 0.2) is 0 Å². The van der Waals surface area contributed by atoms with Crippen LogP contribution in [0.15, 0.2) is 53.4 Å². The summed E-state index contributed by atoms with van der Waals surface area (Å²) in [7, 11) is -3.87. The van der Waals surface area contributed by atoms with Gasteiger partial charge in [-0.15, -0.1) is 0 Å². The van der Waals surface area contributed by atoms with Crippen LogP contribution >= 0.6 is 0 Å². The maximum atomic E-state index is 12.4. The number of rotatable bonds is 5. The minimum atomic E-state index is -3.87. The molecule has 3 rings (SSSR count). The first kappa shape index (κ1) is 17.5. The molecule has 2 aromatic carbocycles. The molecule has 1 N–H and O–H groups in total. The first-order chi connectivity index (χ1) is 12.0. The Bertz CT molecular complexity index is 859. The molecule has 1 aliphatic heterocycles. The molecule has 1 heterocycles. The number of para-hydroxylation sites is 1. The zero-order valence-corrected chi connectivity index (χ0v) is 14.9. The summed E-state index contributed by atoms with van der Waals surface area (Å²) in [6.07, 6.45) is 2.35. The van der Waals surface area contributed by atoms with Crippen molar-refractivity contribution in [2.45, 2.75) is 31.1 Å². The maximum absolute atomic E-state index is 12.4. The normalized spacial score (nSPS) is 16.6. The fraction of sp³-hybridized carbons (Fsp3) is 0.316. The highest BCUT2D eigenvalue weighted by Crippen LogP contribution is 2.27. The van der Waals surface area contributed by atoms with Crippen molar-refractivity contribution in [1.29, 1.82) is 0 Å². The zero-order chi connectivity index (χ0) is 17.9. The Morgan fingerprint density at radius 1 is 1.16 bits per heavy atom. The predicted molar refractivity (Wildman–Crippen MR) is 94.9 cm³/mol. The number of ether oxygens (including phenoxy) is 1. The molecular formula is C19H21NO4S. The minimum Gasteiger partial charge on any atom is -0.492 e. The van der Waals surface area contributed by atoms with Gasteiger partial charge in [0.05, 0.1) is 10.8 Å². The number of nitrogens with one attached hydrogen (secondary N) is 1. The Morgan fingerprint density at radius 3 is 2.60 bits per heavy atom. The van der Waals surface area contributed by atoms with E-state index in [1.54, 1.807) is 12.1 Å². The molecule has 0 radical (unpaired) electrons. The first-order valence-electron chi connectivity index (χ1n) is 8.36. The van der Waals surface area contributed by atoms with E-state index in [4.69, 9.17) is 4.74 Å². The molecular weight excluding hydrogens is 338 g/mol. The van der Waals surface area contributed by atoms with Crippen molar-refractivity contribution in [2.24, 2.45) is 5.92 Å². The maximum Gasteiger partial charge on any atom is 0.264 e. The van der Waals surface area contributed by atoms with Crippen molar-refractivity contribution in [3.05, 3.63) is 59.7 Å². The lowest BCUT2D eigenvalue weighted by molar-refractivity contribution is -0.124. The third-order valence-electron chi connectivity index (χ3n) is 4.26. The van der Waals surface area contributed by atoms with Gasteiger partial charge in [-0.25, -0.2) is 13.1 Å². The number of hydrogen-bond donors (Lipinski definition) is 1. The summed E-state index contributed by atoms with van der Waals surface area (Å²) in [5.41, 5.74) is 1.99. The van der Waals surface area contributed by atoms with Crippen molar-refractivity contribution in [3.63, 3.8) is 0 Å². The Balaban J connectivity index is 1.69. The van der Waals surface area contributed by atoms with E-state index in [9.17, 15) is 13.2 Å². The van der Waals surface area contributed by atoms with Crippen LogP contribution in [0, 0.1) is 5.92 Å². The third kappa shape index (κ3) is 4.02. The SMILES string of the molecule is CCCc1ccc(S(=O)(=O)NC(=O)C2COc3ccccc3C2)cc1. The number of carbonyl (C=O) groups excluding carboxylic acids is 1. The molecule has 0 bridgehead atoms. The second kappa shape index (κ2) is 7.27. The molecule has 0 spiro atoms. The van der Waals surface area contributed by atoms with Gasteiger partial charge in [-0.1, -0.05) is 43.7 Å². The summed E-state index contributed by atoms with van der Waals surface area (Å²) < 4.78 is 32.6. The molecule has 1 unspecified atom stereocenters. The number of amides is 1. The van der Waals surface area contributed by atoms with Gasteiger partial charge in [-0.05, 0) is 42.2 Å². The molecule has 1 aliphatic rings. The highest BCUT2D eigenvalue weighted by molar-refractivity contribution is 7.90. The standard InChI is InChI=1S/C19H21NO4S/c1-2-5-14-8-10-17(11-9-14)25(22,23)20-19(21)16-12-15-6-3-4-7-18(15)24-13-16/h3-4,6-11,16H,2,5,12-13H2,1H3,(H,20,21). The van der Waals surface area contributed by atoms with Gasteiger partial charge in [0.25, 0.3) is 10.0 Å². The van der Waals surface area contributed by atoms with Crippen LogP contribution in [-0.2, 0) is 27.7 Å². The van der Waals surface area contributed by atoms with E-state index in [0.717, 1.165) is 29.7 Å². The molecule has 0 fully saturated rings. The molecule has 5 nitrogen and oxygen atoms in total. The molecule has 6 heteroatoms. The van der Waals surface area contributed by atoms with Crippen LogP contribution in [0.4, 0.5) is 0 Å². The van der Waals surface area contributed by atoms with Crippen molar-refractivity contribution < 1.29 is 17.9 Å². The van der Waals surface area contributed by atoms with Crippen LogP contribution in [0.25, 0.3) is 0 Å². The Hall–Kier alpha value is -2.34. The van der Waals surface area contributed by atoms with Crippen LogP contribution in [0.3, 0.4) is 0 Å². The van der Waals surface area contributed by atoms with Crippen molar-refractivity contribution in [3.8, 4) is 5.75 Å². The largest absolute Gasteiger partial charge is 0.492 e. The van der Waals surface area contributed by atoms with Gasteiger partial charge >= 0.3 is 0 Å². The number of benzene rings is 2. The molecule has 1 amide bonds. The Kier molecular flexibility index (Phi) is 5.08. The molecule has 2 aromatic rings. The quantitative estimate of drug-likeness (QED) is 0.891. The van der Waals surface area contributed by atoms with Gasteiger partial charge in [-0.2, -0.15) is 0 Å². The predicted octanol–water partition coefficient (Wildman–Crippen LogP) is 2.70. The minimum absolute atomic E-state index is 0.0952. The Labute approximate surface area is 148 Å². The first-order valence-corrected chi connectivity index (χ1v) is 9.84. The third-order valence-corrected chi connectivity index (χ3v) is 5.62. The molecule has 132 valence electrons. The molecule has 0 saturated carbocycles. The number of hydrogen-bond acceptors (Lipinski definition) is 4. The van der Waals surface area contributed by atoms with Gasteiger partial charge in [0.1, 0.15) is 12.4 Å². The lowest BCUT2D eigenvalue weighted by Crippen LogP contribution is -2.40. The Morgan fingerprint density at radius 2 is 1.88 bits per heavy atom. The van der Waals surface area contributed by atoms with Crippen molar-refractivity contribution in [2.75, 3.05) is 6.61 Å². The highest BCUT2D eigenvalue weighted by atomic mass is 32.2. The lowest BCUT2D eigenvalue weighted by atomic mass is 9.96. The van der Waals surface area contributed by atoms with E-state index in [2.05, 4.69) is 11.6 Å². The van der Waals surface area contributed by atoms with Crippen LogP contribution in [0.2, 0.25) is 0 Å². The van der Waals surface area contributed by atoms with Crippen molar-refractivity contribution in [1.82, 2.24) is 4.72 Å². The van der Waals surface area contributed by atoms with Gasteiger partial charge in [0, 0.05) is 0 Å². The number of carbonyl (C=O) groups is 1. The average Bonchev–Trinajstić information content (AvgIpc) is 2.61. The second-order valence-electron chi connectivity index (χ2n) is 6.18. The summed E-state index contributed by atoms with van der Waals surface area (Å²) in [5.74, 6) is -0.308. The van der Waals surface area contributed by atoms with Crippen LogP contribution in [0.5, 0.6) is 5.75 Å². The van der Waals surface area contributed by atoms with E-state index >= 15 is 0 Å². The molecule has 0 aliphatic carbocycles. The number of fused-ring (bicyclic) bond motifs is 1. The number of aryl methyl sites for hydroxylation is 1. The van der Waals surface area contributed by atoms with Gasteiger partial charge < -0.3 is 4.74 Å². The molecule has 0 saturated heterocycles. The van der Waals surface area contributed by atoms with Gasteiger partial charge in [-0.3, -0.25) is 4.79 Å². The van der Waals surface area contributed by atoms with Crippen LogP contribution in [-0.4, -0.2) is 20.9 Å². The average molecular weight is 359 g/mol. The van der Waals surface area contributed by atoms with Gasteiger partial charge in [0.2, 0.25) is 5.91 Å². The zero-order valence-electron chi connectivity index (χ0n) is 14.1. The topological polar surface area (TPSA) is 72.5 Å². The monoisotopic (exact) mass is 359 g/mol. The second-order valence-corrected chi connectivity index (χ2v) is 7.87. The van der Waals surface area contributed by atoms with E-state index in [1.807, 2.05) is 24.3 Å². The van der Waals surface area contributed by atoms with E-state index in [1.165, 1.54) is 12.1 Å². The molecule has 1 atom stereocenters. The van der Waals surface area contributed by atoms with Crippen LogP contribution < -0.4 is 9.46 Å². The summed E-state index contributed by atoms with van der Waals surface area (Å²) in [5, 5.41) is 0. The summed E-state index contributed by atoms with van der Waals surface area (Å²) in [6.45, 7) is 2.24. The fourth-order valence-electron chi connectivity index (χ4n) is 2.90. The van der Waals surface area contributed by atoms with E-state index in [-0.39, 0.29) is 11.5 Å². The van der Waals surface area contributed by atoms with Crippen molar-refractivity contribution >= 4 is 15.9 Å². The summed E-state index contributed by atoms with van der Waals surface area (Å²) >= 11 is 0. The summed E-state index contributed by atoms with van der Waals surface area (Å²) in [6, 6.07) is 14.1. The van der Waals surface area contributed by atoms with E-state index < -0.39 is 21.8 Å². The summed E-state index contributed by atoms with van der Waals surface area (Å²) in [4.78, 5) is 12.5. The lowest BCUT2D eigenvalue weighted by Gasteiger charge is -2.24. The molecule has 0 aromatic heterocycles.